The van der Waals surface area contributed by atoms with Crippen molar-refractivity contribution < 1.29 is 4.74 Å². The van der Waals surface area contributed by atoms with E-state index in [4.69, 9.17) is 4.74 Å². The molecule has 1 saturated heterocycles. The van der Waals surface area contributed by atoms with E-state index in [9.17, 15) is 5.26 Å². The molecule has 0 N–H and O–H groups in total. The maximum atomic E-state index is 9.33. The second kappa shape index (κ2) is 5.98. The van der Waals surface area contributed by atoms with Gasteiger partial charge in [-0.05, 0) is 30.7 Å². The average molecular weight is 273 g/mol. The average Bonchev–Trinajstić information content (AvgIpc) is 2.43. The lowest BCUT2D eigenvalue weighted by Crippen LogP contribution is -2.35. The van der Waals surface area contributed by atoms with E-state index >= 15 is 0 Å². The summed E-state index contributed by atoms with van der Waals surface area (Å²) < 4.78 is 5.25. The van der Waals surface area contributed by atoms with Gasteiger partial charge in [-0.15, -0.1) is 11.8 Å². The monoisotopic (exact) mass is 273 g/mol. The molecule has 0 bridgehead atoms. The largest absolute Gasteiger partial charge is 0.379 e. The highest BCUT2D eigenvalue weighted by Crippen LogP contribution is 2.43. The first kappa shape index (κ1) is 13.0. The fraction of sp³-hybridized carbons (Fsp3) is 0.562. The highest BCUT2D eigenvalue weighted by molar-refractivity contribution is 8.00. The van der Waals surface area contributed by atoms with Crippen LogP contribution in [0.2, 0.25) is 0 Å². The first-order chi connectivity index (χ1) is 9.36. The summed E-state index contributed by atoms with van der Waals surface area (Å²) in [6.45, 7) is 1.74. The number of rotatable bonds is 3. The Bertz CT molecular complexity index is 452. The van der Waals surface area contributed by atoms with E-state index < -0.39 is 0 Å². The molecule has 1 aromatic carbocycles. The Morgan fingerprint density at radius 3 is 2.58 bits per heavy atom. The highest BCUT2D eigenvalue weighted by Gasteiger charge is 2.34. The van der Waals surface area contributed by atoms with Gasteiger partial charge in [-0.3, -0.25) is 0 Å². The van der Waals surface area contributed by atoms with Crippen molar-refractivity contribution in [2.24, 2.45) is 5.92 Å². The number of hydrogen-bond acceptors (Lipinski definition) is 3. The zero-order chi connectivity index (χ0) is 13.1. The van der Waals surface area contributed by atoms with E-state index in [2.05, 4.69) is 36.4 Å². The molecule has 1 heterocycles. The molecule has 0 spiro atoms. The molecule has 19 heavy (non-hydrogen) atoms. The minimum absolute atomic E-state index is 0.227. The van der Waals surface area contributed by atoms with E-state index in [1.807, 2.05) is 11.8 Å². The van der Waals surface area contributed by atoms with Crippen molar-refractivity contribution in [3.8, 4) is 6.07 Å². The fourth-order valence-electron chi connectivity index (χ4n) is 3.00. The third-order valence-electron chi connectivity index (χ3n) is 4.20. The van der Waals surface area contributed by atoms with Crippen LogP contribution < -0.4 is 0 Å². The molecule has 1 aromatic rings. The summed E-state index contributed by atoms with van der Waals surface area (Å²) in [5, 5.41) is 10.4. The SMILES string of the molecule is N#CC1CCC(c2ccccc2)CC1SC1COC1. The lowest BCUT2D eigenvalue weighted by Gasteiger charge is -2.36. The number of benzene rings is 1. The third-order valence-corrected chi connectivity index (χ3v) is 5.73. The maximum Gasteiger partial charge on any atom is 0.0667 e. The van der Waals surface area contributed by atoms with Crippen molar-refractivity contribution >= 4 is 11.8 Å². The smallest absolute Gasteiger partial charge is 0.0667 e. The zero-order valence-electron chi connectivity index (χ0n) is 11.0. The molecule has 100 valence electrons. The molecule has 0 amide bonds. The van der Waals surface area contributed by atoms with Gasteiger partial charge in [0, 0.05) is 5.25 Å². The van der Waals surface area contributed by atoms with Gasteiger partial charge in [0.1, 0.15) is 0 Å². The third kappa shape index (κ3) is 2.96. The summed E-state index contributed by atoms with van der Waals surface area (Å²) in [6, 6.07) is 13.3. The molecule has 3 unspecified atom stereocenters. The van der Waals surface area contributed by atoms with E-state index in [0.29, 0.717) is 16.4 Å². The van der Waals surface area contributed by atoms with Crippen molar-refractivity contribution in [2.45, 2.75) is 35.7 Å². The summed E-state index contributed by atoms with van der Waals surface area (Å²) >= 11 is 1.99. The van der Waals surface area contributed by atoms with Crippen LogP contribution in [0, 0.1) is 17.2 Å². The quantitative estimate of drug-likeness (QED) is 0.843. The maximum absolute atomic E-state index is 9.33. The molecule has 3 atom stereocenters. The standard InChI is InChI=1S/C16H19NOS/c17-9-14-7-6-13(12-4-2-1-3-5-12)8-16(14)19-15-10-18-11-15/h1-5,13-16H,6-8,10-11H2. The molecule has 2 fully saturated rings. The summed E-state index contributed by atoms with van der Waals surface area (Å²) in [6.07, 6.45) is 3.34. The Morgan fingerprint density at radius 1 is 1.16 bits per heavy atom. The Balaban J connectivity index is 1.68. The Kier molecular flexibility index (Phi) is 4.10. The van der Waals surface area contributed by atoms with Crippen LogP contribution >= 0.6 is 11.8 Å². The van der Waals surface area contributed by atoms with Gasteiger partial charge in [-0.2, -0.15) is 5.26 Å². The molecular weight excluding hydrogens is 254 g/mol. The van der Waals surface area contributed by atoms with Crippen LogP contribution in [-0.4, -0.2) is 23.7 Å². The first-order valence-corrected chi connectivity index (χ1v) is 7.99. The topological polar surface area (TPSA) is 33.0 Å². The lowest BCUT2D eigenvalue weighted by molar-refractivity contribution is 0.0450. The molecule has 1 aliphatic carbocycles. The number of ether oxygens (including phenoxy) is 1. The lowest BCUT2D eigenvalue weighted by atomic mass is 9.79. The van der Waals surface area contributed by atoms with Crippen molar-refractivity contribution in [2.75, 3.05) is 13.2 Å². The highest BCUT2D eigenvalue weighted by atomic mass is 32.2. The van der Waals surface area contributed by atoms with Gasteiger partial charge in [-0.1, -0.05) is 30.3 Å². The molecule has 2 aliphatic rings. The second-order valence-electron chi connectivity index (χ2n) is 5.49. The Morgan fingerprint density at radius 2 is 1.95 bits per heavy atom. The van der Waals surface area contributed by atoms with Crippen LogP contribution in [0.1, 0.15) is 30.7 Å². The van der Waals surface area contributed by atoms with Crippen LogP contribution in [0.4, 0.5) is 0 Å². The van der Waals surface area contributed by atoms with Gasteiger partial charge in [0.05, 0.1) is 30.5 Å². The number of hydrogen-bond donors (Lipinski definition) is 0. The van der Waals surface area contributed by atoms with Crippen LogP contribution in [0.25, 0.3) is 0 Å². The number of thioether (sulfide) groups is 1. The van der Waals surface area contributed by atoms with E-state index in [-0.39, 0.29) is 5.92 Å². The molecule has 1 saturated carbocycles. The normalized spacial score (nSPS) is 31.4. The van der Waals surface area contributed by atoms with Gasteiger partial charge in [0.25, 0.3) is 0 Å². The number of nitriles is 1. The van der Waals surface area contributed by atoms with Crippen molar-refractivity contribution in [3.63, 3.8) is 0 Å². The first-order valence-electron chi connectivity index (χ1n) is 7.04. The van der Waals surface area contributed by atoms with Gasteiger partial charge >= 0.3 is 0 Å². The molecule has 1 aliphatic heterocycles. The minimum atomic E-state index is 0.227. The molecule has 0 radical (unpaired) electrons. The molecule has 3 rings (SSSR count). The Labute approximate surface area is 119 Å². The van der Waals surface area contributed by atoms with E-state index in [1.165, 1.54) is 5.56 Å². The van der Waals surface area contributed by atoms with E-state index in [0.717, 1.165) is 32.5 Å². The second-order valence-corrected chi connectivity index (χ2v) is 7.03. The zero-order valence-corrected chi connectivity index (χ0v) is 11.8. The van der Waals surface area contributed by atoms with Crippen LogP contribution in [0.3, 0.4) is 0 Å². The van der Waals surface area contributed by atoms with Crippen molar-refractivity contribution in [3.05, 3.63) is 35.9 Å². The summed E-state index contributed by atoms with van der Waals surface area (Å²) in [5.41, 5.74) is 1.44. The predicted molar refractivity (Wildman–Crippen MR) is 78.1 cm³/mol. The summed E-state index contributed by atoms with van der Waals surface area (Å²) in [5.74, 6) is 0.856. The summed E-state index contributed by atoms with van der Waals surface area (Å²) in [7, 11) is 0. The summed E-state index contributed by atoms with van der Waals surface area (Å²) in [4.78, 5) is 0. The Hall–Kier alpha value is -0.980. The number of nitrogens with zero attached hydrogens (tertiary/aromatic N) is 1. The van der Waals surface area contributed by atoms with Gasteiger partial charge in [-0.25, -0.2) is 0 Å². The van der Waals surface area contributed by atoms with Crippen LogP contribution in [-0.2, 0) is 4.74 Å². The van der Waals surface area contributed by atoms with Gasteiger partial charge in [0.15, 0.2) is 0 Å². The van der Waals surface area contributed by atoms with Crippen molar-refractivity contribution in [1.82, 2.24) is 0 Å². The van der Waals surface area contributed by atoms with Gasteiger partial charge < -0.3 is 4.74 Å². The molecule has 3 heteroatoms. The van der Waals surface area contributed by atoms with Crippen molar-refractivity contribution in [1.29, 1.82) is 5.26 Å². The van der Waals surface area contributed by atoms with Gasteiger partial charge in [0.2, 0.25) is 0 Å². The van der Waals surface area contributed by atoms with Crippen LogP contribution in [0.5, 0.6) is 0 Å². The van der Waals surface area contributed by atoms with E-state index in [1.54, 1.807) is 0 Å². The molecular formula is C16H19NOS. The fourth-order valence-corrected chi connectivity index (χ4v) is 4.57. The molecule has 0 aromatic heterocycles. The van der Waals surface area contributed by atoms with Crippen LogP contribution in [0.15, 0.2) is 30.3 Å². The molecule has 2 nitrogen and oxygen atoms in total. The predicted octanol–water partition coefficient (Wildman–Crippen LogP) is 3.59. The minimum Gasteiger partial charge on any atom is -0.379 e.